The van der Waals surface area contributed by atoms with Crippen molar-refractivity contribution < 1.29 is 19.3 Å². The molecule has 2 rings (SSSR count). The van der Waals surface area contributed by atoms with Gasteiger partial charge in [-0.15, -0.1) is 0 Å². The lowest BCUT2D eigenvalue weighted by Crippen LogP contribution is -2.34. The maximum Gasteiger partial charge on any atom is 0.119 e. The molecule has 2 unspecified atom stereocenters. The lowest BCUT2D eigenvalue weighted by molar-refractivity contribution is 0.0140. The number of hydrogen-bond acceptors (Lipinski definition) is 4. The van der Waals surface area contributed by atoms with Crippen molar-refractivity contribution in [3.63, 3.8) is 0 Å². The second-order valence-corrected chi connectivity index (χ2v) is 5.06. The second kappa shape index (κ2) is 6.26. The van der Waals surface area contributed by atoms with Gasteiger partial charge >= 0.3 is 0 Å². The van der Waals surface area contributed by atoms with Gasteiger partial charge in [0.1, 0.15) is 11.5 Å². The normalized spacial score (nSPS) is 26.4. The van der Waals surface area contributed by atoms with Gasteiger partial charge in [0.15, 0.2) is 0 Å². The number of benzene rings is 1. The fourth-order valence-electron chi connectivity index (χ4n) is 2.48. The van der Waals surface area contributed by atoms with Gasteiger partial charge in [0, 0.05) is 12.0 Å². The molecule has 19 heavy (non-hydrogen) atoms. The predicted octanol–water partition coefficient (Wildman–Crippen LogP) is 2.25. The summed E-state index contributed by atoms with van der Waals surface area (Å²) in [7, 11) is 1.64. The molecular weight excluding hydrogens is 244 g/mol. The minimum Gasteiger partial charge on any atom is -0.497 e. The molecule has 4 heteroatoms. The van der Waals surface area contributed by atoms with Crippen LogP contribution in [0.2, 0.25) is 0 Å². The van der Waals surface area contributed by atoms with Gasteiger partial charge in [-0.2, -0.15) is 0 Å². The zero-order valence-electron chi connectivity index (χ0n) is 11.6. The monoisotopic (exact) mass is 266 g/mol. The van der Waals surface area contributed by atoms with Crippen molar-refractivity contribution in [2.24, 2.45) is 5.41 Å². The summed E-state index contributed by atoms with van der Waals surface area (Å²) in [6.45, 7) is 3.49. The minimum atomic E-state index is -0.146. The zero-order valence-corrected chi connectivity index (χ0v) is 11.6. The maximum absolute atomic E-state index is 9.60. The molecular formula is C15H22O4. The van der Waals surface area contributed by atoms with Crippen LogP contribution < -0.4 is 9.47 Å². The SMILES string of the molecule is COc1ccc(OCCC2(CO)CCOC2C)cc1. The van der Waals surface area contributed by atoms with Gasteiger partial charge in [0.05, 0.1) is 26.4 Å². The summed E-state index contributed by atoms with van der Waals surface area (Å²) in [6, 6.07) is 7.52. The molecule has 2 atom stereocenters. The van der Waals surface area contributed by atoms with Crippen molar-refractivity contribution in [1.29, 1.82) is 0 Å². The number of methoxy groups -OCH3 is 1. The predicted molar refractivity (Wildman–Crippen MR) is 72.7 cm³/mol. The van der Waals surface area contributed by atoms with E-state index in [4.69, 9.17) is 14.2 Å². The Balaban J connectivity index is 1.85. The van der Waals surface area contributed by atoms with E-state index >= 15 is 0 Å². The van der Waals surface area contributed by atoms with Crippen molar-refractivity contribution in [1.82, 2.24) is 0 Å². The number of hydrogen-bond donors (Lipinski definition) is 1. The van der Waals surface area contributed by atoms with E-state index in [-0.39, 0.29) is 18.1 Å². The van der Waals surface area contributed by atoms with Crippen LogP contribution in [0, 0.1) is 5.41 Å². The summed E-state index contributed by atoms with van der Waals surface area (Å²) in [4.78, 5) is 0. The fourth-order valence-corrected chi connectivity index (χ4v) is 2.48. The van der Waals surface area contributed by atoms with E-state index in [0.717, 1.165) is 30.9 Å². The molecule has 1 saturated heterocycles. The molecule has 1 aromatic rings. The average Bonchev–Trinajstić information content (AvgIpc) is 2.81. The third kappa shape index (κ3) is 3.19. The standard InChI is InChI=1S/C15H22O4/c1-12-15(11-16,7-9-18-12)8-10-19-14-5-3-13(17-2)4-6-14/h3-6,12,16H,7-11H2,1-2H3. The van der Waals surface area contributed by atoms with Crippen LogP contribution in [0.1, 0.15) is 19.8 Å². The topological polar surface area (TPSA) is 47.9 Å². The summed E-state index contributed by atoms with van der Waals surface area (Å²) >= 11 is 0. The van der Waals surface area contributed by atoms with Crippen LogP contribution in [0.4, 0.5) is 0 Å². The van der Waals surface area contributed by atoms with E-state index in [1.165, 1.54) is 0 Å². The summed E-state index contributed by atoms with van der Waals surface area (Å²) < 4.78 is 16.4. The molecule has 0 radical (unpaired) electrons. The highest BCUT2D eigenvalue weighted by molar-refractivity contribution is 5.31. The first-order chi connectivity index (χ1) is 9.20. The Morgan fingerprint density at radius 1 is 1.32 bits per heavy atom. The van der Waals surface area contributed by atoms with E-state index in [9.17, 15) is 5.11 Å². The fraction of sp³-hybridized carbons (Fsp3) is 0.600. The number of ether oxygens (including phenoxy) is 3. The van der Waals surface area contributed by atoms with Crippen molar-refractivity contribution in [3.8, 4) is 11.5 Å². The van der Waals surface area contributed by atoms with Gasteiger partial charge in [-0.1, -0.05) is 0 Å². The lowest BCUT2D eigenvalue weighted by Gasteiger charge is -2.29. The van der Waals surface area contributed by atoms with Crippen LogP contribution >= 0.6 is 0 Å². The van der Waals surface area contributed by atoms with Gasteiger partial charge in [-0.3, -0.25) is 0 Å². The molecule has 0 aliphatic carbocycles. The van der Waals surface area contributed by atoms with Crippen molar-refractivity contribution in [2.75, 3.05) is 26.9 Å². The first-order valence-corrected chi connectivity index (χ1v) is 6.69. The average molecular weight is 266 g/mol. The summed E-state index contributed by atoms with van der Waals surface area (Å²) in [5.41, 5.74) is -0.146. The van der Waals surface area contributed by atoms with E-state index in [2.05, 4.69) is 0 Å². The molecule has 1 N–H and O–H groups in total. The van der Waals surface area contributed by atoms with Crippen LogP contribution in [0.25, 0.3) is 0 Å². The number of aliphatic hydroxyl groups is 1. The highest BCUT2D eigenvalue weighted by atomic mass is 16.5. The smallest absolute Gasteiger partial charge is 0.119 e. The lowest BCUT2D eigenvalue weighted by atomic mass is 9.80. The van der Waals surface area contributed by atoms with Crippen LogP contribution in [0.5, 0.6) is 11.5 Å². The molecule has 0 amide bonds. The molecule has 1 aliphatic rings. The minimum absolute atomic E-state index is 0.0944. The summed E-state index contributed by atoms with van der Waals surface area (Å²) in [5, 5.41) is 9.60. The largest absolute Gasteiger partial charge is 0.497 e. The van der Waals surface area contributed by atoms with Crippen LogP contribution in [-0.4, -0.2) is 38.1 Å². The number of aliphatic hydroxyl groups excluding tert-OH is 1. The highest BCUT2D eigenvalue weighted by Gasteiger charge is 2.40. The van der Waals surface area contributed by atoms with Crippen LogP contribution in [0.15, 0.2) is 24.3 Å². The summed E-state index contributed by atoms with van der Waals surface area (Å²) in [6.07, 6.45) is 1.80. The van der Waals surface area contributed by atoms with E-state index in [0.29, 0.717) is 6.61 Å². The van der Waals surface area contributed by atoms with Gasteiger partial charge in [-0.05, 0) is 44.0 Å². The van der Waals surface area contributed by atoms with Gasteiger partial charge in [-0.25, -0.2) is 0 Å². The Bertz CT molecular complexity index is 390. The molecule has 4 nitrogen and oxygen atoms in total. The van der Waals surface area contributed by atoms with Crippen LogP contribution in [0.3, 0.4) is 0 Å². The molecule has 106 valence electrons. The van der Waals surface area contributed by atoms with E-state index in [1.807, 2.05) is 31.2 Å². The van der Waals surface area contributed by atoms with E-state index in [1.54, 1.807) is 7.11 Å². The van der Waals surface area contributed by atoms with Gasteiger partial charge in [0.25, 0.3) is 0 Å². The van der Waals surface area contributed by atoms with Crippen molar-refractivity contribution in [3.05, 3.63) is 24.3 Å². The molecule has 0 aromatic heterocycles. The van der Waals surface area contributed by atoms with Crippen molar-refractivity contribution >= 4 is 0 Å². The molecule has 0 spiro atoms. The Labute approximate surface area is 114 Å². The quantitative estimate of drug-likeness (QED) is 0.858. The highest BCUT2D eigenvalue weighted by Crippen LogP contribution is 2.37. The third-order valence-electron chi connectivity index (χ3n) is 4.07. The molecule has 0 saturated carbocycles. The number of rotatable bonds is 6. The molecule has 0 bridgehead atoms. The van der Waals surface area contributed by atoms with Crippen LogP contribution in [-0.2, 0) is 4.74 Å². The molecule has 1 heterocycles. The Morgan fingerprint density at radius 2 is 2.00 bits per heavy atom. The Hall–Kier alpha value is -1.26. The maximum atomic E-state index is 9.60. The Kier molecular flexibility index (Phi) is 4.66. The summed E-state index contributed by atoms with van der Waals surface area (Å²) in [5.74, 6) is 1.64. The molecule has 1 fully saturated rings. The zero-order chi connectivity index (χ0) is 13.7. The first kappa shape index (κ1) is 14.2. The van der Waals surface area contributed by atoms with Crippen molar-refractivity contribution in [2.45, 2.75) is 25.9 Å². The molecule has 1 aliphatic heterocycles. The molecule has 1 aromatic carbocycles. The first-order valence-electron chi connectivity index (χ1n) is 6.69. The van der Waals surface area contributed by atoms with Gasteiger partial charge in [0.2, 0.25) is 0 Å². The van der Waals surface area contributed by atoms with E-state index < -0.39 is 0 Å². The Morgan fingerprint density at radius 3 is 2.53 bits per heavy atom. The second-order valence-electron chi connectivity index (χ2n) is 5.06. The van der Waals surface area contributed by atoms with Gasteiger partial charge < -0.3 is 19.3 Å². The third-order valence-corrected chi connectivity index (χ3v) is 4.07.